The van der Waals surface area contributed by atoms with Gasteiger partial charge < -0.3 is 20.2 Å². The predicted octanol–water partition coefficient (Wildman–Crippen LogP) is 2.75. The van der Waals surface area contributed by atoms with Gasteiger partial charge in [0, 0.05) is 5.69 Å². The molecule has 8 heteroatoms. The number of anilines is 1. The van der Waals surface area contributed by atoms with E-state index in [0.717, 1.165) is 16.8 Å². The molecule has 3 aromatic rings. The van der Waals surface area contributed by atoms with E-state index in [4.69, 9.17) is 9.47 Å². The third-order valence-corrected chi connectivity index (χ3v) is 3.89. The Morgan fingerprint density at radius 3 is 2.50 bits per heavy atom. The molecule has 1 aromatic heterocycles. The van der Waals surface area contributed by atoms with E-state index in [1.165, 1.54) is 0 Å². The summed E-state index contributed by atoms with van der Waals surface area (Å²) in [6.45, 7) is 4.85. The largest absolute Gasteiger partial charge is 0.490 e. The second-order valence-corrected chi connectivity index (χ2v) is 6.12. The van der Waals surface area contributed by atoms with E-state index in [-0.39, 0.29) is 12.5 Å². The van der Waals surface area contributed by atoms with E-state index in [1.54, 1.807) is 23.4 Å². The first-order chi connectivity index (χ1) is 13.6. The zero-order valence-electron chi connectivity index (χ0n) is 15.9. The van der Waals surface area contributed by atoms with Crippen LogP contribution in [0.2, 0.25) is 0 Å². The third-order valence-electron chi connectivity index (χ3n) is 3.89. The molecule has 0 aliphatic carbocycles. The van der Waals surface area contributed by atoms with E-state index in [1.807, 2.05) is 50.2 Å². The summed E-state index contributed by atoms with van der Waals surface area (Å²) in [5.74, 6) is 0.882. The van der Waals surface area contributed by atoms with Crippen molar-refractivity contribution < 1.29 is 14.3 Å². The lowest BCUT2D eigenvalue weighted by molar-refractivity contribution is -0.118. The lowest BCUT2D eigenvalue weighted by Gasteiger charge is -2.14. The van der Waals surface area contributed by atoms with Crippen LogP contribution >= 0.6 is 0 Å². The number of hydrogen-bond acceptors (Lipinski definition) is 6. The average Bonchev–Trinajstić information content (AvgIpc) is 3.21. The fraction of sp³-hybridized carbons (Fsp3) is 0.250. The van der Waals surface area contributed by atoms with Gasteiger partial charge in [0.1, 0.15) is 12.7 Å². The summed E-state index contributed by atoms with van der Waals surface area (Å²) in [7, 11) is 0. The summed E-state index contributed by atoms with van der Waals surface area (Å²) < 4.78 is 13.0. The van der Waals surface area contributed by atoms with Gasteiger partial charge in [-0.05, 0) is 43.7 Å². The van der Waals surface area contributed by atoms with Gasteiger partial charge in [-0.2, -0.15) is 0 Å². The van der Waals surface area contributed by atoms with Gasteiger partial charge in [-0.15, -0.1) is 10.2 Å². The average molecular weight is 381 g/mol. The van der Waals surface area contributed by atoms with Gasteiger partial charge in [0.15, 0.2) is 18.1 Å². The Morgan fingerprint density at radius 2 is 1.79 bits per heavy atom. The van der Waals surface area contributed by atoms with Crippen molar-refractivity contribution in [1.29, 1.82) is 0 Å². The minimum absolute atomic E-state index is 0.105. The highest BCUT2D eigenvalue weighted by molar-refractivity contribution is 5.91. The molecule has 0 fully saturated rings. The van der Waals surface area contributed by atoms with Gasteiger partial charge >= 0.3 is 0 Å². The minimum atomic E-state index is -0.232. The number of hydrogen-bond donors (Lipinski definition) is 2. The first-order valence-corrected chi connectivity index (χ1v) is 8.97. The van der Waals surface area contributed by atoms with Crippen LogP contribution in [0.1, 0.15) is 18.1 Å². The summed E-state index contributed by atoms with van der Waals surface area (Å²) >= 11 is 0. The normalized spacial score (nSPS) is 10.4. The van der Waals surface area contributed by atoms with Crippen molar-refractivity contribution in [1.82, 2.24) is 14.9 Å². The number of nitrogens with zero attached hydrogens (tertiary/aromatic N) is 3. The quantitative estimate of drug-likeness (QED) is 0.592. The van der Waals surface area contributed by atoms with E-state index >= 15 is 0 Å². The molecular formula is C20H23N5O3. The summed E-state index contributed by atoms with van der Waals surface area (Å²) in [4.78, 5) is 12.1. The molecule has 0 saturated heterocycles. The molecule has 146 valence electrons. The Balaban J connectivity index is 1.58. The van der Waals surface area contributed by atoms with Crippen molar-refractivity contribution in [3.63, 3.8) is 0 Å². The van der Waals surface area contributed by atoms with Crippen molar-refractivity contribution in [2.45, 2.75) is 20.4 Å². The molecule has 0 radical (unpaired) electrons. The smallest absolute Gasteiger partial charge is 0.262 e. The van der Waals surface area contributed by atoms with Crippen LogP contribution in [0, 0.1) is 6.92 Å². The van der Waals surface area contributed by atoms with Gasteiger partial charge in [0.25, 0.3) is 5.91 Å². The van der Waals surface area contributed by atoms with Crippen molar-refractivity contribution in [2.75, 3.05) is 24.0 Å². The monoisotopic (exact) mass is 381 g/mol. The fourth-order valence-electron chi connectivity index (χ4n) is 2.49. The third kappa shape index (κ3) is 5.47. The molecule has 0 aliphatic heterocycles. The second kappa shape index (κ2) is 9.40. The number of aryl methyl sites for hydroxylation is 1. The highest BCUT2D eigenvalue weighted by Gasteiger charge is 2.10. The maximum Gasteiger partial charge on any atom is 0.262 e. The van der Waals surface area contributed by atoms with Crippen LogP contribution < -0.4 is 20.2 Å². The highest BCUT2D eigenvalue weighted by Crippen LogP contribution is 2.28. The van der Waals surface area contributed by atoms with Crippen LogP contribution in [0.25, 0.3) is 0 Å². The lowest BCUT2D eigenvalue weighted by atomic mass is 10.2. The lowest BCUT2D eigenvalue weighted by Crippen LogP contribution is -2.20. The summed E-state index contributed by atoms with van der Waals surface area (Å²) in [5, 5.41) is 10.3. The first kappa shape index (κ1) is 19.2. The maximum absolute atomic E-state index is 12.1. The summed E-state index contributed by atoms with van der Waals surface area (Å²) in [5.41, 5.74) is 6.01. The first-order valence-electron chi connectivity index (χ1n) is 8.97. The van der Waals surface area contributed by atoms with Gasteiger partial charge in [-0.3, -0.25) is 4.79 Å². The minimum Gasteiger partial charge on any atom is -0.490 e. The maximum atomic E-state index is 12.1. The van der Waals surface area contributed by atoms with Crippen LogP contribution in [-0.4, -0.2) is 34.0 Å². The van der Waals surface area contributed by atoms with Gasteiger partial charge in [0.2, 0.25) is 0 Å². The molecule has 2 N–H and O–H groups in total. The topological polar surface area (TPSA) is 90.3 Å². The van der Waals surface area contributed by atoms with Crippen molar-refractivity contribution in [3.8, 4) is 11.5 Å². The number of ether oxygens (including phenoxy) is 2. The molecule has 0 unspecified atom stereocenters. The highest BCUT2D eigenvalue weighted by atomic mass is 16.5. The number of carbonyl (C=O) groups excluding carboxylic acids is 1. The van der Waals surface area contributed by atoms with Crippen LogP contribution in [-0.2, 0) is 11.3 Å². The Bertz CT molecular complexity index is 895. The zero-order valence-corrected chi connectivity index (χ0v) is 15.9. The van der Waals surface area contributed by atoms with E-state index < -0.39 is 0 Å². The van der Waals surface area contributed by atoms with Crippen LogP contribution in [0.5, 0.6) is 11.5 Å². The van der Waals surface area contributed by atoms with Crippen LogP contribution in [0.15, 0.2) is 55.1 Å². The van der Waals surface area contributed by atoms with Gasteiger partial charge in [-0.25, -0.2) is 4.68 Å². The van der Waals surface area contributed by atoms with E-state index in [2.05, 4.69) is 20.9 Å². The molecule has 28 heavy (non-hydrogen) atoms. The Hall–Kier alpha value is -3.55. The number of amides is 1. The molecular weight excluding hydrogens is 358 g/mol. The number of rotatable bonds is 9. The molecule has 0 atom stereocenters. The summed E-state index contributed by atoms with van der Waals surface area (Å²) in [6, 6.07) is 13.2. The molecule has 0 saturated carbocycles. The molecule has 0 aliphatic rings. The summed E-state index contributed by atoms with van der Waals surface area (Å²) in [6.07, 6.45) is 3.15. The predicted molar refractivity (Wildman–Crippen MR) is 106 cm³/mol. The Labute approximate surface area is 163 Å². The number of nitrogens with one attached hydrogen (secondary N) is 2. The molecule has 0 spiro atoms. The van der Waals surface area contributed by atoms with E-state index in [9.17, 15) is 4.79 Å². The Kier molecular flexibility index (Phi) is 6.46. The van der Waals surface area contributed by atoms with Crippen molar-refractivity contribution in [3.05, 3.63) is 66.2 Å². The van der Waals surface area contributed by atoms with Gasteiger partial charge in [0.05, 0.1) is 13.2 Å². The molecule has 2 aromatic carbocycles. The Morgan fingerprint density at radius 1 is 1.04 bits per heavy atom. The van der Waals surface area contributed by atoms with Crippen molar-refractivity contribution in [2.24, 2.45) is 0 Å². The number of benzene rings is 2. The molecule has 3 rings (SSSR count). The molecule has 1 amide bonds. The van der Waals surface area contributed by atoms with Crippen LogP contribution in [0.3, 0.4) is 0 Å². The standard InChI is InChI=1S/C20H23N5O3/c1-3-27-19-10-16(11-23-25-13-21-22-14-25)6-9-18(19)28-12-20(26)24-17-7-4-15(2)5-8-17/h4-10,13-14,23H,3,11-12H2,1-2H3,(H,24,26). The SMILES string of the molecule is CCOc1cc(CNn2cnnc2)ccc1OCC(=O)Nc1ccc(C)cc1. The molecule has 8 nitrogen and oxygen atoms in total. The van der Waals surface area contributed by atoms with Crippen molar-refractivity contribution >= 4 is 11.6 Å². The van der Waals surface area contributed by atoms with Gasteiger partial charge in [-0.1, -0.05) is 23.8 Å². The van der Waals surface area contributed by atoms with E-state index in [0.29, 0.717) is 24.7 Å². The number of aromatic nitrogens is 3. The van der Waals surface area contributed by atoms with Crippen LogP contribution in [0.4, 0.5) is 5.69 Å². The molecule has 0 bridgehead atoms. The molecule has 1 heterocycles. The number of carbonyl (C=O) groups is 1. The second-order valence-electron chi connectivity index (χ2n) is 6.12. The zero-order chi connectivity index (χ0) is 19.8. The fourth-order valence-corrected chi connectivity index (χ4v) is 2.49.